The first-order chi connectivity index (χ1) is 29.3. The van der Waals surface area contributed by atoms with Gasteiger partial charge in [-0.05, 0) is 104 Å². The number of hydrogen-bond acceptors (Lipinski definition) is 1. The molecule has 2 aliphatic carbocycles. The Morgan fingerprint density at radius 1 is 0.383 bits per heavy atom. The molecule has 12 rings (SSSR count). The molecule has 1 heterocycles. The van der Waals surface area contributed by atoms with Crippen molar-refractivity contribution in [2.75, 3.05) is 4.90 Å². The van der Waals surface area contributed by atoms with Crippen molar-refractivity contribution >= 4 is 49.6 Å². The Hall–Kier alpha value is -7.16. The molecule has 9 aromatic carbocycles. The van der Waals surface area contributed by atoms with Crippen molar-refractivity contribution in [2.45, 2.75) is 38.5 Å². The third kappa shape index (κ3) is 4.82. The summed E-state index contributed by atoms with van der Waals surface area (Å²) in [5.41, 5.74) is 20.1. The lowest BCUT2D eigenvalue weighted by Gasteiger charge is -2.31. The fourth-order valence-electron chi connectivity index (χ4n) is 10.9. The monoisotopic (exact) mass is 768 g/mol. The Morgan fingerprint density at radius 2 is 0.867 bits per heavy atom. The van der Waals surface area contributed by atoms with E-state index in [4.69, 9.17) is 0 Å². The van der Waals surface area contributed by atoms with E-state index in [2.05, 4.69) is 231 Å². The summed E-state index contributed by atoms with van der Waals surface area (Å²) >= 11 is 0. The van der Waals surface area contributed by atoms with E-state index >= 15 is 0 Å². The molecule has 0 aliphatic heterocycles. The first kappa shape index (κ1) is 34.8. The summed E-state index contributed by atoms with van der Waals surface area (Å²) in [6.45, 7) is 9.49. The van der Waals surface area contributed by atoms with Gasteiger partial charge in [0.05, 0.1) is 22.4 Å². The molecule has 2 aliphatic rings. The van der Waals surface area contributed by atoms with Crippen molar-refractivity contribution in [3.8, 4) is 39.1 Å². The Balaban J connectivity index is 1.05. The highest BCUT2D eigenvalue weighted by atomic mass is 15.1. The molecular formula is C58H44N2. The molecule has 60 heavy (non-hydrogen) atoms. The normalized spacial score (nSPS) is 14.3. The number of para-hydroxylation sites is 2. The Kier molecular flexibility index (Phi) is 7.36. The maximum atomic E-state index is 2.54. The maximum Gasteiger partial charge on any atom is 0.0543 e. The summed E-state index contributed by atoms with van der Waals surface area (Å²) in [4.78, 5) is 2.54. The summed E-state index contributed by atoms with van der Waals surface area (Å²) < 4.78 is 2.41. The topological polar surface area (TPSA) is 8.17 Å². The van der Waals surface area contributed by atoms with Crippen molar-refractivity contribution in [1.82, 2.24) is 4.57 Å². The average Bonchev–Trinajstić information content (AvgIpc) is 3.84. The van der Waals surface area contributed by atoms with E-state index < -0.39 is 0 Å². The van der Waals surface area contributed by atoms with E-state index in [-0.39, 0.29) is 10.8 Å². The molecule has 0 saturated carbocycles. The maximum absolute atomic E-state index is 2.54. The minimum absolute atomic E-state index is 0.114. The molecule has 0 atom stereocenters. The fraction of sp³-hybridized carbons (Fsp3) is 0.103. The van der Waals surface area contributed by atoms with Gasteiger partial charge in [0.25, 0.3) is 0 Å². The van der Waals surface area contributed by atoms with Gasteiger partial charge in [-0.2, -0.15) is 0 Å². The molecule has 0 fully saturated rings. The quantitative estimate of drug-likeness (QED) is 0.169. The van der Waals surface area contributed by atoms with E-state index in [1.807, 2.05) is 0 Å². The van der Waals surface area contributed by atoms with Gasteiger partial charge in [0.15, 0.2) is 0 Å². The Morgan fingerprint density at radius 3 is 1.45 bits per heavy atom. The van der Waals surface area contributed by atoms with E-state index in [9.17, 15) is 0 Å². The van der Waals surface area contributed by atoms with Gasteiger partial charge in [-0.25, -0.2) is 0 Å². The zero-order valence-electron chi connectivity index (χ0n) is 34.4. The van der Waals surface area contributed by atoms with Gasteiger partial charge in [-0.3, -0.25) is 0 Å². The minimum Gasteiger partial charge on any atom is -0.309 e. The molecule has 0 amide bonds. The van der Waals surface area contributed by atoms with Crippen LogP contribution in [0.15, 0.2) is 194 Å². The van der Waals surface area contributed by atoms with Crippen LogP contribution in [-0.4, -0.2) is 4.57 Å². The second-order valence-electron chi connectivity index (χ2n) is 17.7. The lowest BCUT2D eigenvalue weighted by molar-refractivity contribution is 0.660. The number of anilines is 3. The van der Waals surface area contributed by atoms with Crippen molar-refractivity contribution in [3.05, 3.63) is 216 Å². The molecule has 0 saturated heterocycles. The molecule has 0 radical (unpaired) electrons. The van der Waals surface area contributed by atoms with Crippen LogP contribution in [0.4, 0.5) is 17.1 Å². The van der Waals surface area contributed by atoms with Crippen LogP contribution >= 0.6 is 0 Å². The first-order valence-electron chi connectivity index (χ1n) is 21.2. The highest BCUT2D eigenvalue weighted by Crippen LogP contribution is 2.58. The Bertz CT molecular complexity index is 3220. The van der Waals surface area contributed by atoms with Crippen LogP contribution in [0.2, 0.25) is 0 Å². The van der Waals surface area contributed by atoms with Crippen LogP contribution in [0.3, 0.4) is 0 Å². The third-order valence-corrected chi connectivity index (χ3v) is 13.8. The Labute approximate surface area is 351 Å². The van der Waals surface area contributed by atoms with E-state index in [1.54, 1.807) is 0 Å². The van der Waals surface area contributed by atoms with Gasteiger partial charge in [0, 0.05) is 44.1 Å². The van der Waals surface area contributed by atoms with E-state index in [0.29, 0.717) is 0 Å². The highest BCUT2D eigenvalue weighted by Gasteiger charge is 2.40. The van der Waals surface area contributed by atoms with Crippen molar-refractivity contribution in [1.29, 1.82) is 0 Å². The lowest BCUT2D eigenvalue weighted by atomic mass is 9.82. The largest absolute Gasteiger partial charge is 0.309 e. The third-order valence-electron chi connectivity index (χ3n) is 13.8. The van der Waals surface area contributed by atoms with Crippen LogP contribution in [0.1, 0.15) is 49.9 Å². The molecule has 0 N–H and O–H groups in total. The molecule has 2 heteroatoms. The van der Waals surface area contributed by atoms with Gasteiger partial charge in [-0.15, -0.1) is 0 Å². The van der Waals surface area contributed by atoms with Crippen LogP contribution in [-0.2, 0) is 10.8 Å². The van der Waals surface area contributed by atoms with Crippen LogP contribution < -0.4 is 4.90 Å². The van der Waals surface area contributed by atoms with Gasteiger partial charge in [0.1, 0.15) is 0 Å². The van der Waals surface area contributed by atoms with E-state index in [0.717, 1.165) is 11.4 Å². The summed E-state index contributed by atoms with van der Waals surface area (Å²) in [7, 11) is 0. The second-order valence-corrected chi connectivity index (χ2v) is 17.7. The van der Waals surface area contributed by atoms with Crippen LogP contribution in [0, 0.1) is 0 Å². The molecule has 10 aromatic rings. The van der Waals surface area contributed by atoms with Crippen molar-refractivity contribution < 1.29 is 0 Å². The number of aromatic nitrogens is 1. The zero-order valence-corrected chi connectivity index (χ0v) is 34.4. The van der Waals surface area contributed by atoms with E-state index in [1.165, 1.54) is 99.6 Å². The van der Waals surface area contributed by atoms with Crippen LogP contribution in [0.5, 0.6) is 0 Å². The van der Waals surface area contributed by atoms with Gasteiger partial charge < -0.3 is 9.47 Å². The van der Waals surface area contributed by atoms with Gasteiger partial charge in [0.2, 0.25) is 0 Å². The molecule has 2 nitrogen and oxygen atoms in total. The fourth-order valence-corrected chi connectivity index (χ4v) is 10.9. The minimum atomic E-state index is -0.114. The zero-order chi connectivity index (χ0) is 40.3. The molecule has 0 bridgehead atoms. The SMILES string of the molecule is CC1(C)c2ccccc2-c2c(N(c3ccc(-c4cccc5ccc(-n6c7ccccc7c7ccccc76)cc45)cc3)c3cccc4c3-c3ccccc3C4(C)C)cccc21. The highest BCUT2D eigenvalue weighted by molar-refractivity contribution is 6.10. The van der Waals surface area contributed by atoms with Crippen LogP contribution in [0.25, 0.3) is 71.6 Å². The van der Waals surface area contributed by atoms with Gasteiger partial charge in [-0.1, -0.05) is 173 Å². The summed E-state index contributed by atoms with van der Waals surface area (Å²) in [5.74, 6) is 0. The smallest absolute Gasteiger partial charge is 0.0543 e. The number of rotatable bonds is 5. The number of nitrogens with zero attached hydrogens (tertiary/aromatic N) is 2. The van der Waals surface area contributed by atoms with Gasteiger partial charge >= 0.3 is 0 Å². The summed E-state index contributed by atoms with van der Waals surface area (Å²) in [5, 5.41) is 5.01. The second kappa shape index (κ2) is 12.7. The van der Waals surface area contributed by atoms with Crippen molar-refractivity contribution in [3.63, 3.8) is 0 Å². The molecule has 0 spiro atoms. The molecule has 1 aromatic heterocycles. The first-order valence-corrected chi connectivity index (χ1v) is 21.2. The lowest BCUT2D eigenvalue weighted by Crippen LogP contribution is -2.17. The van der Waals surface area contributed by atoms with Crippen molar-refractivity contribution in [2.24, 2.45) is 0 Å². The number of fused-ring (bicyclic) bond motifs is 10. The summed E-state index contributed by atoms with van der Waals surface area (Å²) in [6.07, 6.45) is 0. The number of hydrogen-bond donors (Lipinski definition) is 0. The number of benzene rings is 9. The average molecular weight is 769 g/mol. The predicted octanol–water partition coefficient (Wildman–Crippen LogP) is 15.7. The molecule has 286 valence electrons. The summed E-state index contributed by atoms with van der Waals surface area (Å²) in [6, 6.07) is 72.3. The molecule has 0 unspecified atom stereocenters. The standard InChI is InChI=1S/C58H44N2/c1-57(2)47-22-9-5-19-44(47)55-49(57)24-14-28-53(55)59(54-29-15-25-50-56(54)45-20-6-10-23-48(45)58(50,3)4)39-33-30-38(31-34-39)41-21-13-16-37-32-35-40(36-46(37)41)60-51-26-11-7-17-42(51)43-18-8-12-27-52(43)60/h5-36H,1-4H3. The predicted molar refractivity (Wildman–Crippen MR) is 254 cm³/mol. The molecular weight excluding hydrogens is 725 g/mol.